The van der Waals surface area contributed by atoms with Crippen LogP contribution in [0.3, 0.4) is 0 Å². The van der Waals surface area contributed by atoms with Gasteiger partial charge in [-0.3, -0.25) is 9.59 Å². The van der Waals surface area contributed by atoms with Gasteiger partial charge in [0, 0.05) is 25.8 Å². The van der Waals surface area contributed by atoms with E-state index in [4.69, 9.17) is 12.2 Å². The number of thioether (sulfide) groups is 1. The molecular weight excluding hydrogens is 373 g/mol. The van der Waals surface area contributed by atoms with Crippen molar-refractivity contribution in [2.45, 2.75) is 19.8 Å². The number of amides is 2. The highest BCUT2D eigenvalue weighted by Gasteiger charge is 2.20. The van der Waals surface area contributed by atoms with E-state index >= 15 is 0 Å². The topological polar surface area (TPSA) is 52.7 Å². The third-order valence-corrected chi connectivity index (χ3v) is 5.66. The van der Waals surface area contributed by atoms with Crippen molar-refractivity contribution >= 4 is 45.8 Å². The van der Waals surface area contributed by atoms with Gasteiger partial charge >= 0.3 is 0 Å². The maximum Gasteiger partial charge on any atom is 0.243 e. The lowest BCUT2D eigenvalue weighted by Crippen LogP contribution is -2.39. The minimum Gasteiger partial charge on any atom is -0.357 e. The van der Waals surface area contributed by atoms with E-state index in [2.05, 4.69) is 17.1 Å². The van der Waals surface area contributed by atoms with Crippen molar-refractivity contribution in [2.75, 3.05) is 37.8 Å². The average molecular weight is 398 g/mol. The molecule has 1 atom stereocenters. The third-order valence-electron chi connectivity index (χ3n) is 4.15. The molecule has 2 amide bonds. The first kappa shape index (κ1) is 20.6. The van der Waals surface area contributed by atoms with Crippen LogP contribution >= 0.6 is 24.0 Å². The number of hydrogen-bond donors (Lipinski definition) is 1. The summed E-state index contributed by atoms with van der Waals surface area (Å²) in [6.45, 7) is 3.99. The normalized spacial score (nSPS) is 16.9. The van der Waals surface area contributed by atoms with Gasteiger partial charge in [-0.2, -0.15) is 0 Å². The molecule has 26 heavy (non-hydrogen) atoms. The Morgan fingerprint density at radius 3 is 2.92 bits per heavy atom. The number of piperidine rings is 1. The Bertz CT molecular complexity index is 672. The van der Waals surface area contributed by atoms with E-state index in [1.165, 1.54) is 41.3 Å². The molecule has 1 aliphatic rings. The number of rotatable bonds is 5. The molecule has 1 saturated heterocycles. The molecule has 0 bridgehead atoms. The number of nitrogens with one attached hydrogen (secondary N) is 1. The molecule has 1 aromatic carbocycles. The lowest BCUT2D eigenvalue weighted by Gasteiger charge is -2.32. The molecular formula is C18H24FN3O2S2. The molecule has 1 aliphatic heterocycles. The summed E-state index contributed by atoms with van der Waals surface area (Å²) >= 11 is 6.76. The molecule has 1 N–H and O–H groups in total. The van der Waals surface area contributed by atoms with Crippen LogP contribution in [0.1, 0.15) is 19.8 Å². The zero-order valence-corrected chi connectivity index (χ0v) is 16.7. The number of benzene rings is 1. The second-order valence-corrected chi connectivity index (χ2v) is 8.17. The summed E-state index contributed by atoms with van der Waals surface area (Å²) in [5.41, 5.74) is 0.366. The quantitative estimate of drug-likeness (QED) is 0.774. The van der Waals surface area contributed by atoms with Gasteiger partial charge in [0.15, 0.2) is 0 Å². The summed E-state index contributed by atoms with van der Waals surface area (Å²) in [5, 5.41) is 2.58. The van der Waals surface area contributed by atoms with E-state index in [0.29, 0.717) is 11.6 Å². The average Bonchev–Trinajstić information content (AvgIpc) is 2.59. The van der Waals surface area contributed by atoms with Crippen LogP contribution in [0.25, 0.3) is 0 Å². The number of likely N-dealkylation sites (N-methyl/N-ethyl adjacent to an activating group) is 1. The largest absolute Gasteiger partial charge is 0.357 e. The Morgan fingerprint density at radius 1 is 1.46 bits per heavy atom. The molecule has 1 aromatic rings. The highest BCUT2D eigenvalue weighted by Crippen LogP contribution is 2.20. The zero-order chi connectivity index (χ0) is 19.1. The number of thiocarbonyl (C=S) groups is 1. The first-order valence-electron chi connectivity index (χ1n) is 8.56. The molecule has 2 rings (SSSR count). The molecule has 1 fully saturated rings. The van der Waals surface area contributed by atoms with Crippen molar-refractivity contribution in [3.05, 3.63) is 30.1 Å². The zero-order valence-electron chi connectivity index (χ0n) is 15.0. The van der Waals surface area contributed by atoms with E-state index in [1.54, 1.807) is 13.1 Å². The molecule has 1 heterocycles. The van der Waals surface area contributed by atoms with Gasteiger partial charge in [-0.15, -0.1) is 0 Å². The molecule has 0 aromatic heterocycles. The fraction of sp³-hybridized carbons (Fsp3) is 0.500. The van der Waals surface area contributed by atoms with Crippen molar-refractivity contribution in [3.63, 3.8) is 0 Å². The molecule has 5 nitrogen and oxygen atoms in total. The Kier molecular flexibility index (Phi) is 7.84. The van der Waals surface area contributed by atoms with E-state index in [9.17, 15) is 14.0 Å². The number of nitrogens with zero attached hydrogens (tertiary/aromatic N) is 2. The number of anilines is 1. The van der Waals surface area contributed by atoms with Gasteiger partial charge in [0.2, 0.25) is 11.8 Å². The van der Waals surface area contributed by atoms with Gasteiger partial charge in [-0.25, -0.2) is 4.39 Å². The number of hydrogen-bond acceptors (Lipinski definition) is 4. The van der Waals surface area contributed by atoms with Crippen molar-refractivity contribution in [1.29, 1.82) is 0 Å². The van der Waals surface area contributed by atoms with Crippen LogP contribution in [0.5, 0.6) is 0 Å². The maximum absolute atomic E-state index is 13.1. The standard InChI is InChI=1S/C18H24FN3O2S2/c1-13-5-4-8-22(10-13)18(25)26-12-17(24)21(2)11-16(23)20-15-7-3-6-14(19)9-15/h3,6-7,9,13H,4-5,8,10-12H2,1-2H3,(H,20,23)/t13-/m0/s1. The minimum absolute atomic E-state index is 0.0938. The van der Waals surface area contributed by atoms with Crippen molar-refractivity contribution < 1.29 is 14.0 Å². The van der Waals surface area contributed by atoms with Crippen molar-refractivity contribution in [3.8, 4) is 0 Å². The highest BCUT2D eigenvalue weighted by atomic mass is 32.2. The molecule has 8 heteroatoms. The predicted molar refractivity (Wildman–Crippen MR) is 108 cm³/mol. The fourth-order valence-corrected chi connectivity index (χ4v) is 3.91. The molecule has 0 saturated carbocycles. The summed E-state index contributed by atoms with van der Waals surface area (Å²) in [4.78, 5) is 27.7. The molecule has 0 unspecified atom stereocenters. The summed E-state index contributed by atoms with van der Waals surface area (Å²) in [6.07, 6.45) is 2.34. The van der Waals surface area contributed by atoms with Crippen molar-refractivity contribution in [2.24, 2.45) is 5.92 Å². The SMILES string of the molecule is C[C@H]1CCCN(C(=S)SCC(=O)N(C)CC(=O)Nc2cccc(F)c2)C1. The Hall–Kier alpha value is -1.67. The Labute approximate surface area is 163 Å². The second kappa shape index (κ2) is 9.87. The molecule has 0 spiro atoms. The van der Waals surface area contributed by atoms with Gasteiger partial charge in [0.1, 0.15) is 10.1 Å². The van der Waals surface area contributed by atoms with Gasteiger partial charge in [0.05, 0.1) is 12.3 Å². The third kappa shape index (κ3) is 6.57. The van der Waals surface area contributed by atoms with Crippen LogP contribution in [-0.2, 0) is 9.59 Å². The predicted octanol–water partition coefficient (Wildman–Crippen LogP) is 2.97. The van der Waals surface area contributed by atoms with Gasteiger partial charge in [-0.1, -0.05) is 37.0 Å². The van der Waals surface area contributed by atoms with Crippen LogP contribution in [0.2, 0.25) is 0 Å². The second-order valence-electron chi connectivity index (χ2n) is 6.56. The number of likely N-dealkylation sites (tertiary alicyclic amines) is 1. The minimum atomic E-state index is -0.427. The van der Waals surface area contributed by atoms with E-state index in [1.807, 2.05) is 0 Å². The molecule has 0 aliphatic carbocycles. The highest BCUT2D eigenvalue weighted by molar-refractivity contribution is 8.23. The van der Waals surface area contributed by atoms with Gasteiger partial charge < -0.3 is 15.1 Å². The fourth-order valence-electron chi connectivity index (χ4n) is 2.75. The van der Waals surface area contributed by atoms with Gasteiger partial charge in [0.25, 0.3) is 0 Å². The van der Waals surface area contributed by atoms with E-state index < -0.39 is 5.82 Å². The first-order valence-corrected chi connectivity index (χ1v) is 9.95. The smallest absolute Gasteiger partial charge is 0.243 e. The Balaban J connectivity index is 1.74. The lowest BCUT2D eigenvalue weighted by molar-refractivity contribution is -0.131. The van der Waals surface area contributed by atoms with Gasteiger partial charge in [-0.05, 0) is 37.0 Å². The summed E-state index contributed by atoms with van der Waals surface area (Å²) in [5.74, 6) is -0.148. The summed E-state index contributed by atoms with van der Waals surface area (Å²) in [6, 6.07) is 5.64. The van der Waals surface area contributed by atoms with E-state index in [0.717, 1.165) is 23.8 Å². The Morgan fingerprint density at radius 2 is 2.23 bits per heavy atom. The van der Waals surface area contributed by atoms with Crippen LogP contribution in [0.15, 0.2) is 24.3 Å². The molecule has 0 radical (unpaired) electrons. The first-order chi connectivity index (χ1) is 12.3. The lowest BCUT2D eigenvalue weighted by atomic mass is 10.0. The van der Waals surface area contributed by atoms with Crippen LogP contribution in [-0.4, -0.2) is 58.4 Å². The number of carbonyl (C=O) groups excluding carboxylic acids is 2. The number of halogens is 1. The maximum atomic E-state index is 13.1. The van der Waals surface area contributed by atoms with E-state index in [-0.39, 0.29) is 24.1 Å². The monoisotopic (exact) mass is 397 g/mol. The van der Waals surface area contributed by atoms with Crippen LogP contribution < -0.4 is 5.32 Å². The van der Waals surface area contributed by atoms with Crippen molar-refractivity contribution in [1.82, 2.24) is 9.80 Å². The summed E-state index contributed by atoms with van der Waals surface area (Å²) in [7, 11) is 1.57. The van der Waals surface area contributed by atoms with Crippen LogP contribution in [0.4, 0.5) is 10.1 Å². The number of carbonyl (C=O) groups is 2. The molecule has 142 valence electrons. The summed E-state index contributed by atoms with van der Waals surface area (Å²) < 4.78 is 13.9. The van der Waals surface area contributed by atoms with Crippen LogP contribution in [0, 0.1) is 11.7 Å².